The summed E-state index contributed by atoms with van der Waals surface area (Å²) in [6, 6.07) is -0.687. The van der Waals surface area contributed by atoms with Gasteiger partial charge in [0, 0.05) is 23.6 Å². The first-order chi connectivity index (χ1) is 5.45. The number of amides is 3. The number of imide groups is 1. The first kappa shape index (κ1) is 9.61. The molecule has 0 saturated carbocycles. The smallest absolute Gasteiger partial charge is 0.270 e. The van der Waals surface area contributed by atoms with Gasteiger partial charge >= 0.3 is 6.03 Å². The Bertz CT molecular complexity index is 246. The van der Waals surface area contributed by atoms with E-state index in [0.29, 0.717) is 10.8 Å². The zero-order valence-corrected chi connectivity index (χ0v) is 8.19. The third-order valence-corrected chi connectivity index (χ3v) is 2.91. The monoisotopic (exact) mass is 210 g/mol. The second-order valence-corrected chi connectivity index (χ2v) is 3.45. The van der Waals surface area contributed by atoms with E-state index in [2.05, 4.69) is 0 Å². The van der Waals surface area contributed by atoms with Crippen LogP contribution in [0.1, 0.15) is 20.3 Å². The predicted octanol–water partition coefficient (Wildman–Crippen LogP) is 1.73. The number of rotatable bonds is 1. The zero-order valence-electron chi connectivity index (χ0n) is 6.67. The van der Waals surface area contributed by atoms with Crippen LogP contribution in [-0.4, -0.2) is 26.3 Å². The van der Waals surface area contributed by atoms with E-state index in [4.69, 9.17) is 23.6 Å². The Morgan fingerprint density at radius 2 is 1.92 bits per heavy atom. The number of urea groups is 1. The molecule has 4 nitrogen and oxygen atoms in total. The van der Waals surface area contributed by atoms with Crippen LogP contribution in [0.2, 0.25) is 0 Å². The van der Waals surface area contributed by atoms with E-state index in [1.54, 1.807) is 13.8 Å². The minimum Gasteiger partial charge on any atom is -0.270 e. The molecule has 68 valence electrons. The molecule has 3 amide bonds. The summed E-state index contributed by atoms with van der Waals surface area (Å²) >= 11 is 11.0. The van der Waals surface area contributed by atoms with Crippen LogP contribution >= 0.6 is 23.6 Å². The molecule has 0 bridgehead atoms. The van der Waals surface area contributed by atoms with Gasteiger partial charge in [-0.25, -0.2) is 9.21 Å². The summed E-state index contributed by atoms with van der Waals surface area (Å²) in [6.45, 7) is 3.33. The third-order valence-electron chi connectivity index (χ3n) is 2.10. The van der Waals surface area contributed by atoms with Crippen LogP contribution in [0.25, 0.3) is 0 Å². The third kappa shape index (κ3) is 0.983. The molecule has 1 rings (SSSR count). The van der Waals surface area contributed by atoms with Crippen molar-refractivity contribution in [2.45, 2.75) is 25.8 Å². The second-order valence-electron chi connectivity index (χ2n) is 2.78. The van der Waals surface area contributed by atoms with Crippen LogP contribution in [0.3, 0.4) is 0 Å². The summed E-state index contributed by atoms with van der Waals surface area (Å²) in [4.78, 5) is 22.4. The topological polar surface area (TPSA) is 40.6 Å². The van der Waals surface area contributed by atoms with E-state index < -0.39 is 17.5 Å². The lowest BCUT2D eigenvalue weighted by Crippen LogP contribution is -2.41. The molecule has 1 saturated heterocycles. The van der Waals surface area contributed by atoms with Gasteiger partial charge in [-0.05, 0) is 13.3 Å². The van der Waals surface area contributed by atoms with Crippen molar-refractivity contribution in [2.24, 2.45) is 0 Å². The number of nitrogens with zero attached hydrogens (tertiary/aromatic N) is 2. The Morgan fingerprint density at radius 1 is 1.42 bits per heavy atom. The number of carbonyl (C=O) groups excluding carboxylic acids is 2. The van der Waals surface area contributed by atoms with E-state index in [0.717, 1.165) is 4.42 Å². The largest absolute Gasteiger partial charge is 0.357 e. The average Bonchev–Trinajstić information content (AvgIpc) is 2.22. The summed E-state index contributed by atoms with van der Waals surface area (Å²) in [5.74, 6) is -0.480. The molecule has 0 spiro atoms. The molecule has 0 aliphatic carbocycles. The fraction of sp³-hybridized carbons (Fsp3) is 0.667. The highest BCUT2D eigenvalue weighted by molar-refractivity contribution is 6.39. The van der Waals surface area contributed by atoms with Gasteiger partial charge in [-0.1, -0.05) is 6.92 Å². The van der Waals surface area contributed by atoms with E-state index in [1.807, 2.05) is 0 Å². The predicted molar refractivity (Wildman–Crippen MR) is 44.5 cm³/mol. The Balaban J connectivity index is 3.06. The van der Waals surface area contributed by atoms with E-state index in [-0.39, 0.29) is 0 Å². The molecule has 1 fully saturated rings. The van der Waals surface area contributed by atoms with Crippen molar-refractivity contribution in [3.63, 3.8) is 0 Å². The van der Waals surface area contributed by atoms with E-state index in [1.165, 1.54) is 0 Å². The van der Waals surface area contributed by atoms with Crippen LogP contribution in [0.15, 0.2) is 0 Å². The van der Waals surface area contributed by atoms with Gasteiger partial charge in [-0.15, -0.1) is 0 Å². The second kappa shape index (κ2) is 2.78. The lowest BCUT2D eigenvalue weighted by Gasteiger charge is -2.23. The van der Waals surface area contributed by atoms with E-state index >= 15 is 0 Å². The Hall–Kier alpha value is -0.480. The molecule has 1 heterocycles. The highest BCUT2D eigenvalue weighted by Crippen LogP contribution is 2.33. The molecule has 1 aliphatic rings. The summed E-state index contributed by atoms with van der Waals surface area (Å²) in [6.07, 6.45) is 0.435. The van der Waals surface area contributed by atoms with Gasteiger partial charge < -0.3 is 0 Å². The van der Waals surface area contributed by atoms with Crippen molar-refractivity contribution < 1.29 is 9.59 Å². The highest BCUT2D eigenvalue weighted by Gasteiger charge is 2.53. The van der Waals surface area contributed by atoms with Crippen molar-refractivity contribution >= 4 is 35.5 Å². The molecule has 1 aliphatic heterocycles. The summed E-state index contributed by atoms with van der Waals surface area (Å²) < 4.78 is 1.35. The van der Waals surface area contributed by atoms with Crippen LogP contribution < -0.4 is 0 Å². The molecule has 0 aromatic heterocycles. The maximum Gasteiger partial charge on any atom is 0.357 e. The minimum atomic E-state index is -1.000. The standard InChI is InChI=1S/C6H8Cl2N2O2/c1-3-6(2)4(11)9(7)5(12)10(6)8/h3H2,1-2H3/t6-/m0/s1. The number of hydrogen-bond donors (Lipinski definition) is 0. The molecular formula is C6H8Cl2N2O2. The molecule has 0 radical (unpaired) electrons. The van der Waals surface area contributed by atoms with Gasteiger partial charge in [0.15, 0.2) is 0 Å². The number of hydrogen-bond acceptors (Lipinski definition) is 2. The Kier molecular flexibility index (Phi) is 2.23. The normalized spacial score (nSPS) is 30.3. The molecule has 12 heavy (non-hydrogen) atoms. The van der Waals surface area contributed by atoms with Gasteiger partial charge in [0.1, 0.15) is 5.54 Å². The van der Waals surface area contributed by atoms with Crippen molar-refractivity contribution in [1.82, 2.24) is 8.84 Å². The van der Waals surface area contributed by atoms with Crippen molar-refractivity contribution in [3.05, 3.63) is 0 Å². The lowest BCUT2D eigenvalue weighted by molar-refractivity contribution is -0.128. The van der Waals surface area contributed by atoms with Crippen LogP contribution in [0, 0.1) is 0 Å². The molecular weight excluding hydrogens is 203 g/mol. The first-order valence-electron chi connectivity index (χ1n) is 3.45. The molecule has 6 heteroatoms. The quantitative estimate of drug-likeness (QED) is 0.489. The zero-order chi connectivity index (χ0) is 9.52. The maximum atomic E-state index is 11.3. The highest BCUT2D eigenvalue weighted by atomic mass is 35.5. The summed E-state index contributed by atoms with van der Waals surface area (Å²) in [7, 11) is 0. The molecule has 0 unspecified atom stereocenters. The van der Waals surface area contributed by atoms with Crippen LogP contribution in [0.4, 0.5) is 4.79 Å². The van der Waals surface area contributed by atoms with Gasteiger partial charge in [-0.3, -0.25) is 4.79 Å². The first-order valence-corrected chi connectivity index (χ1v) is 4.13. The molecule has 0 aromatic carbocycles. The molecule has 1 atom stereocenters. The SMILES string of the molecule is CC[C@@]1(C)C(=O)N(Cl)C(=O)N1Cl. The maximum absolute atomic E-state index is 11.3. The Labute approximate surface area is 80.2 Å². The molecule has 0 aromatic rings. The van der Waals surface area contributed by atoms with Crippen LogP contribution in [-0.2, 0) is 4.79 Å². The van der Waals surface area contributed by atoms with Crippen LogP contribution in [0.5, 0.6) is 0 Å². The Morgan fingerprint density at radius 3 is 2.08 bits per heavy atom. The van der Waals surface area contributed by atoms with Gasteiger partial charge in [0.05, 0.1) is 0 Å². The summed E-state index contributed by atoms with van der Waals surface area (Å²) in [5, 5.41) is 0. The van der Waals surface area contributed by atoms with Crippen molar-refractivity contribution in [3.8, 4) is 0 Å². The van der Waals surface area contributed by atoms with Crippen molar-refractivity contribution in [2.75, 3.05) is 0 Å². The minimum absolute atomic E-state index is 0.435. The fourth-order valence-corrected chi connectivity index (χ4v) is 1.52. The average molecular weight is 211 g/mol. The summed E-state index contributed by atoms with van der Waals surface area (Å²) in [5.41, 5.74) is -1.000. The van der Waals surface area contributed by atoms with Gasteiger partial charge in [-0.2, -0.15) is 4.42 Å². The molecule has 0 N–H and O–H groups in total. The lowest BCUT2D eigenvalue weighted by atomic mass is 10.00. The van der Waals surface area contributed by atoms with Crippen molar-refractivity contribution in [1.29, 1.82) is 0 Å². The van der Waals surface area contributed by atoms with Gasteiger partial charge in [0.2, 0.25) is 0 Å². The fourth-order valence-electron chi connectivity index (χ4n) is 0.961. The van der Waals surface area contributed by atoms with E-state index in [9.17, 15) is 9.59 Å². The number of halogens is 2. The van der Waals surface area contributed by atoms with Gasteiger partial charge in [0.25, 0.3) is 5.91 Å². The number of carbonyl (C=O) groups is 2.